The first-order valence-corrected chi connectivity index (χ1v) is 9.72. The van der Waals surface area contributed by atoms with E-state index in [1.54, 1.807) is 48.5 Å². The van der Waals surface area contributed by atoms with Gasteiger partial charge in [0.05, 0.1) is 17.2 Å². The molecule has 0 atom stereocenters. The molecule has 1 fully saturated rings. The van der Waals surface area contributed by atoms with Gasteiger partial charge in [0.25, 0.3) is 0 Å². The Morgan fingerprint density at radius 2 is 1.60 bits per heavy atom. The number of rotatable bonds is 7. The molecule has 0 aromatic heterocycles. The van der Waals surface area contributed by atoms with Crippen LogP contribution in [0.1, 0.15) is 12.8 Å². The van der Waals surface area contributed by atoms with Crippen LogP contribution in [-0.2, 0) is 14.6 Å². The Morgan fingerprint density at radius 1 is 1.04 bits per heavy atom. The average Bonchev–Trinajstić information content (AvgIpc) is 3.40. The summed E-state index contributed by atoms with van der Waals surface area (Å²) in [5, 5.41) is 2.64. The van der Waals surface area contributed by atoms with Gasteiger partial charge in [-0.1, -0.05) is 0 Å². The summed E-state index contributed by atoms with van der Waals surface area (Å²) in [5.41, 5.74) is 5.87. The number of nitrogens with one attached hydrogen (secondary N) is 1. The number of nitrogens with two attached hydrogens (primary N) is 1. The fourth-order valence-corrected chi connectivity index (χ4v) is 4.06. The van der Waals surface area contributed by atoms with E-state index in [2.05, 4.69) is 5.32 Å². The van der Waals surface area contributed by atoms with E-state index in [4.69, 9.17) is 10.5 Å². The molecule has 0 aliphatic heterocycles. The van der Waals surface area contributed by atoms with E-state index in [9.17, 15) is 13.2 Å². The normalized spacial score (nSPS) is 14.1. The van der Waals surface area contributed by atoms with Gasteiger partial charge in [-0.25, -0.2) is 8.42 Å². The van der Waals surface area contributed by atoms with Crippen LogP contribution >= 0.6 is 0 Å². The van der Waals surface area contributed by atoms with Crippen molar-refractivity contribution >= 4 is 21.4 Å². The third-order valence-electron chi connectivity index (χ3n) is 3.89. The second kappa shape index (κ2) is 7.25. The van der Waals surface area contributed by atoms with E-state index in [1.807, 2.05) is 0 Å². The summed E-state index contributed by atoms with van der Waals surface area (Å²) in [7, 11) is -3.21. The van der Waals surface area contributed by atoms with Crippen molar-refractivity contribution in [2.45, 2.75) is 17.7 Å². The lowest BCUT2D eigenvalue weighted by Crippen LogP contribution is -2.21. The van der Waals surface area contributed by atoms with Gasteiger partial charge in [0.2, 0.25) is 5.91 Å². The van der Waals surface area contributed by atoms with Crippen LogP contribution in [0.15, 0.2) is 53.4 Å². The third-order valence-corrected chi connectivity index (χ3v) is 5.79. The molecule has 25 heavy (non-hydrogen) atoms. The molecular weight excluding hydrogens is 340 g/mol. The molecule has 1 aliphatic carbocycles. The quantitative estimate of drug-likeness (QED) is 0.791. The topological polar surface area (TPSA) is 98.5 Å². The Hall–Kier alpha value is -2.38. The predicted molar refractivity (Wildman–Crippen MR) is 95.4 cm³/mol. The number of ether oxygens (including phenoxy) is 1. The molecule has 3 rings (SSSR count). The van der Waals surface area contributed by atoms with Crippen molar-refractivity contribution in [1.29, 1.82) is 0 Å². The molecule has 2 aromatic carbocycles. The minimum atomic E-state index is -3.21. The highest BCUT2D eigenvalue weighted by molar-refractivity contribution is 7.91. The number of anilines is 1. The van der Waals surface area contributed by atoms with Crippen molar-refractivity contribution in [1.82, 2.24) is 0 Å². The van der Waals surface area contributed by atoms with Crippen molar-refractivity contribution in [3.05, 3.63) is 48.5 Å². The summed E-state index contributed by atoms with van der Waals surface area (Å²) in [6.07, 6.45) is 2.00. The molecule has 2 aromatic rings. The number of hydrogen-bond donors (Lipinski definition) is 2. The summed E-state index contributed by atoms with van der Waals surface area (Å²) >= 11 is 0. The number of amides is 1. The van der Waals surface area contributed by atoms with E-state index in [0.29, 0.717) is 28.0 Å². The molecule has 0 heterocycles. The first-order chi connectivity index (χ1) is 12.0. The highest BCUT2D eigenvalue weighted by Gasteiger charge is 2.28. The molecular formula is C18H20N2O4S. The van der Waals surface area contributed by atoms with Gasteiger partial charge in [-0.2, -0.15) is 0 Å². The van der Waals surface area contributed by atoms with E-state index in [0.717, 1.165) is 12.8 Å². The maximum Gasteiger partial charge on any atom is 0.238 e. The van der Waals surface area contributed by atoms with Crippen LogP contribution in [0, 0.1) is 5.92 Å². The monoisotopic (exact) mass is 360 g/mol. The van der Waals surface area contributed by atoms with Crippen molar-refractivity contribution in [3.8, 4) is 11.5 Å². The lowest BCUT2D eigenvalue weighted by Gasteiger charge is -2.09. The molecule has 6 nitrogen and oxygen atoms in total. The maximum atomic E-state index is 12.2. The van der Waals surface area contributed by atoms with Gasteiger partial charge < -0.3 is 15.8 Å². The van der Waals surface area contributed by atoms with E-state index < -0.39 is 9.84 Å². The van der Waals surface area contributed by atoms with E-state index in [1.165, 1.54) is 0 Å². The summed E-state index contributed by atoms with van der Waals surface area (Å²) in [6, 6.07) is 13.3. The molecule has 0 radical (unpaired) electrons. The average molecular weight is 360 g/mol. The highest BCUT2D eigenvalue weighted by Crippen LogP contribution is 2.32. The van der Waals surface area contributed by atoms with Gasteiger partial charge in [-0.05, 0) is 67.3 Å². The summed E-state index contributed by atoms with van der Waals surface area (Å²) in [6.45, 7) is -0.0751. The van der Waals surface area contributed by atoms with E-state index >= 15 is 0 Å². The molecule has 0 bridgehead atoms. The maximum absolute atomic E-state index is 12.2. The zero-order valence-corrected chi connectivity index (χ0v) is 14.5. The first-order valence-electron chi connectivity index (χ1n) is 8.07. The van der Waals surface area contributed by atoms with Gasteiger partial charge in [-0.3, -0.25) is 4.79 Å². The lowest BCUT2D eigenvalue weighted by molar-refractivity contribution is -0.114. The van der Waals surface area contributed by atoms with Crippen LogP contribution < -0.4 is 15.8 Å². The van der Waals surface area contributed by atoms with Crippen molar-refractivity contribution in [2.75, 3.05) is 17.6 Å². The zero-order chi connectivity index (χ0) is 17.9. The van der Waals surface area contributed by atoms with Crippen LogP contribution in [0.3, 0.4) is 0 Å². The number of carbonyl (C=O) groups is 1. The number of sulfone groups is 1. The lowest BCUT2D eigenvalue weighted by atomic mass is 10.3. The largest absolute Gasteiger partial charge is 0.457 e. The Morgan fingerprint density at radius 3 is 2.12 bits per heavy atom. The molecule has 132 valence electrons. The SMILES string of the molecule is NCC(=O)Nc1ccc(Oc2ccc(S(=O)(=O)CC3CC3)cc2)cc1. The number of carbonyl (C=O) groups excluding carboxylic acids is 1. The van der Waals surface area contributed by atoms with Crippen molar-refractivity contribution in [2.24, 2.45) is 11.7 Å². The van der Waals surface area contributed by atoms with Crippen LogP contribution in [0.4, 0.5) is 5.69 Å². The first kappa shape index (κ1) is 17.4. The zero-order valence-electron chi connectivity index (χ0n) is 13.6. The molecule has 0 unspecified atom stereocenters. The number of benzene rings is 2. The minimum absolute atomic E-state index is 0.0751. The van der Waals surface area contributed by atoms with Gasteiger partial charge in [0.1, 0.15) is 11.5 Å². The fourth-order valence-electron chi connectivity index (χ4n) is 2.36. The molecule has 7 heteroatoms. The Labute approximate surface area is 146 Å². The molecule has 1 amide bonds. The smallest absolute Gasteiger partial charge is 0.238 e. The summed E-state index contributed by atoms with van der Waals surface area (Å²) in [4.78, 5) is 11.5. The van der Waals surface area contributed by atoms with Gasteiger partial charge in [-0.15, -0.1) is 0 Å². The minimum Gasteiger partial charge on any atom is -0.457 e. The van der Waals surface area contributed by atoms with Gasteiger partial charge >= 0.3 is 0 Å². The van der Waals surface area contributed by atoms with Crippen LogP contribution in [-0.4, -0.2) is 26.6 Å². The Bertz CT molecular complexity index is 842. The van der Waals surface area contributed by atoms with Crippen LogP contribution in [0.25, 0.3) is 0 Å². The standard InChI is InChI=1S/C18H20N2O4S/c19-11-18(21)20-14-3-5-15(6-4-14)24-16-7-9-17(10-8-16)25(22,23)12-13-1-2-13/h3-10,13H,1-2,11-12,19H2,(H,20,21). The Kier molecular flexibility index (Phi) is 5.06. The van der Waals surface area contributed by atoms with Crippen molar-refractivity contribution < 1.29 is 17.9 Å². The molecule has 1 saturated carbocycles. The third kappa shape index (κ3) is 4.80. The highest BCUT2D eigenvalue weighted by atomic mass is 32.2. The van der Waals surface area contributed by atoms with E-state index in [-0.39, 0.29) is 18.2 Å². The predicted octanol–water partition coefficient (Wildman–Crippen LogP) is 2.56. The second-order valence-electron chi connectivity index (χ2n) is 6.07. The Balaban J connectivity index is 1.64. The van der Waals surface area contributed by atoms with Gasteiger partial charge in [0.15, 0.2) is 9.84 Å². The fraction of sp³-hybridized carbons (Fsp3) is 0.278. The molecule has 3 N–H and O–H groups in total. The number of hydrogen-bond acceptors (Lipinski definition) is 5. The molecule has 0 saturated heterocycles. The van der Waals surface area contributed by atoms with Crippen molar-refractivity contribution in [3.63, 3.8) is 0 Å². The molecule has 1 aliphatic rings. The second-order valence-corrected chi connectivity index (χ2v) is 8.11. The molecule has 0 spiro atoms. The van der Waals surface area contributed by atoms with Crippen LogP contribution in [0.2, 0.25) is 0 Å². The van der Waals surface area contributed by atoms with Crippen LogP contribution in [0.5, 0.6) is 11.5 Å². The summed E-state index contributed by atoms with van der Waals surface area (Å²) in [5.74, 6) is 1.41. The van der Waals surface area contributed by atoms with Gasteiger partial charge in [0, 0.05) is 5.69 Å². The summed E-state index contributed by atoms with van der Waals surface area (Å²) < 4.78 is 30.1.